The molecule has 1 atom stereocenters. The van der Waals surface area contributed by atoms with Crippen LogP contribution in [0, 0.1) is 11.6 Å². The van der Waals surface area contributed by atoms with Crippen molar-refractivity contribution in [3.63, 3.8) is 0 Å². The van der Waals surface area contributed by atoms with Gasteiger partial charge in [-0.1, -0.05) is 0 Å². The van der Waals surface area contributed by atoms with Gasteiger partial charge < -0.3 is 10.6 Å². The van der Waals surface area contributed by atoms with E-state index in [-0.39, 0.29) is 23.6 Å². The fourth-order valence-electron chi connectivity index (χ4n) is 1.56. The largest absolute Gasteiger partial charge is 0.348 e. The van der Waals surface area contributed by atoms with E-state index in [1.165, 1.54) is 0 Å². The quantitative estimate of drug-likeness (QED) is 0.882. The fraction of sp³-hybridized carbons (Fsp3) is 0.500. The van der Waals surface area contributed by atoms with E-state index in [9.17, 15) is 13.6 Å². The van der Waals surface area contributed by atoms with Crippen LogP contribution in [0.5, 0.6) is 0 Å². The topological polar surface area (TPSA) is 41.1 Å². The lowest BCUT2D eigenvalue weighted by molar-refractivity contribution is -0.121. The molecule has 5 heteroatoms. The van der Waals surface area contributed by atoms with E-state index >= 15 is 0 Å². The molecule has 0 aromatic heterocycles. The zero-order chi connectivity index (χ0) is 14.6. The molecule has 0 saturated heterocycles. The minimum Gasteiger partial charge on any atom is -0.348 e. The normalized spacial score (nSPS) is 13.2. The number of benzene rings is 1. The van der Waals surface area contributed by atoms with E-state index in [4.69, 9.17) is 0 Å². The molecule has 19 heavy (non-hydrogen) atoms. The van der Waals surface area contributed by atoms with Crippen molar-refractivity contribution in [1.82, 2.24) is 10.6 Å². The van der Waals surface area contributed by atoms with Gasteiger partial charge in [0.05, 0.1) is 12.6 Å². The first kappa shape index (κ1) is 15.6. The van der Waals surface area contributed by atoms with Crippen LogP contribution < -0.4 is 10.6 Å². The van der Waals surface area contributed by atoms with Crippen molar-refractivity contribution in [2.24, 2.45) is 0 Å². The van der Waals surface area contributed by atoms with Gasteiger partial charge in [0.15, 0.2) is 0 Å². The van der Waals surface area contributed by atoms with Gasteiger partial charge in [0.1, 0.15) is 11.6 Å². The fourth-order valence-corrected chi connectivity index (χ4v) is 1.56. The predicted octanol–water partition coefficient (Wildman–Crippen LogP) is 2.53. The Bertz CT molecular complexity index is 455. The van der Waals surface area contributed by atoms with Gasteiger partial charge in [-0.05, 0) is 45.9 Å². The van der Waals surface area contributed by atoms with Gasteiger partial charge >= 0.3 is 0 Å². The summed E-state index contributed by atoms with van der Waals surface area (Å²) in [5, 5.41) is 5.65. The summed E-state index contributed by atoms with van der Waals surface area (Å²) in [6, 6.07) is 2.62. The SMILES string of the molecule is CC(NC(=O)CNC(C)(C)C)c1cc(F)ccc1F. The molecule has 1 unspecified atom stereocenters. The molecule has 0 radical (unpaired) electrons. The number of carbonyl (C=O) groups excluding carboxylic acids is 1. The van der Waals surface area contributed by atoms with Crippen LogP contribution in [0.1, 0.15) is 39.3 Å². The van der Waals surface area contributed by atoms with Crippen LogP contribution in [0.2, 0.25) is 0 Å². The number of nitrogens with one attached hydrogen (secondary N) is 2. The van der Waals surface area contributed by atoms with Gasteiger partial charge in [0.25, 0.3) is 0 Å². The van der Waals surface area contributed by atoms with Crippen LogP contribution in [-0.4, -0.2) is 18.0 Å². The van der Waals surface area contributed by atoms with Crippen LogP contribution in [-0.2, 0) is 4.79 Å². The van der Waals surface area contributed by atoms with Crippen LogP contribution in [0.4, 0.5) is 8.78 Å². The zero-order valence-electron chi connectivity index (χ0n) is 11.7. The monoisotopic (exact) mass is 270 g/mol. The molecule has 0 saturated carbocycles. The Morgan fingerprint density at radius 1 is 1.32 bits per heavy atom. The molecule has 1 aromatic rings. The molecule has 1 rings (SSSR count). The molecule has 1 amide bonds. The van der Waals surface area contributed by atoms with Gasteiger partial charge in [-0.15, -0.1) is 0 Å². The average Bonchev–Trinajstić information content (AvgIpc) is 2.28. The first-order valence-electron chi connectivity index (χ1n) is 6.18. The lowest BCUT2D eigenvalue weighted by atomic mass is 10.1. The molecule has 0 bridgehead atoms. The lowest BCUT2D eigenvalue weighted by Crippen LogP contribution is -2.43. The van der Waals surface area contributed by atoms with E-state index in [0.29, 0.717) is 0 Å². The summed E-state index contributed by atoms with van der Waals surface area (Å²) < 4.78 is 26.6. The van der Waals surface area contributed by atoms with E-state index in [1.54, 1.807) is 6.92 Å². The molecule has 106 valence electrons. The predicted molar refractivity (Wildman–Crippen MR) is 70.7 cm³/mol. The molecule has 0 aliphatic heterocycles. The standard InChI is InChI=1S/C14H20F2N2O/c1-9(11-7-10(15)5-6-12(11)16)18-13(19)8-17-14(2,3)4/h5-7,9,17H,8H2,1-4H3,(H,18,19). The van der Waals surface area contributed by atoms with Crippen molar-refractivity contribution in [2.45, 2.75) is 39.3 Å². The second-order valence-corrected chi connectivity index (χ2v) is 5.56. The summed E-state index contributed by atoms with van der Waals surface area (Å²) in [6.45, 7) is 7.57. The van der Waals surface area contributed by atoms with E-state index < -0.39 is 17.7 Å². The maximum atomic E-state index is 13.5. The Hall–Kier alpha value is -1.49. The van der Waals surface area contributed by atoms with Gasteiger partial charge in [-0.3, -0.25) is 4.79 Å². The third-order valence-corrected chi connectivity index (χ3v) is 2.58. The maximum absolute atomic E-state index is 13.5. The Kier molecular flexibility index (Phi) is 5.00. The highest BCUT2D eigenvalue weighted by Crippen LogP contribution is 2.17. The Morgan fingerprint density at radius 2 is 1.95 bits per heavy atom. The third-order valence-electron chi connectivity index (χ3n) is 2.58. The van der Waals surface area contributed by atoms with Crippen molar-refractivity contribution in [3.8, 4) is 0 Å². The first-order chi connectivity index (χ1) is 8.69. The lowest BCUT2D eigenvalue weighted by Gasteiger charge is -2.21. The highest BCUT2D eigenvalue weighted by atomic mass is 19.1. The molecule has 0 fully saturated rings. The van der Waals surface area contributed by atoms with Crippen LogP contribution >= 0.6 is 0 Å². The molecule has 2 N–H and O–H groups in total. The summed E-state index contributed by atoms with van der Waals surface area (Å²) in [6.07, 6.45) is 0. The van der Waals surface area contributed by atoms with Crippen molar-refractivity contribution >= 4 is 5.91 Å². The molecular weight excluding hydrogens is 250 g/mol. The number of amides is 1. The summed E-state index contributed by atoms with van der Waals surface area (Å²) in [5.41, 5.74) is -0.0332. The average molecular weight is 270 g/mol. The zero-order valence-corrected chi connectivity index (χ0v) is 11.7. The van der Waals surface area contributed by atoms with Gasteiger partial charge in [-0.2, -0.15) is 0 Å². The van der Waals surface area contributed by atoms with Gasteiger partial charge in [0.2, 0.25) is 5.91 Å². The van der Waals surface area contributed by atoms with Crippen LogP contribution in [0.15, 0.2) is 18.2 Å². The molecule has 0 aliphatic rings. The number of rotatable bonds is 4. The minimum atomic E-state index is -0.579. The molecule has 0 aliphatic carbocycles. The number of carbonyl (C=O) groups is 1. The Morgan fingerprint density at radius 3 is 2.53 bits per heavy atom. The van der Waals surface area contributed by atoms with Crippen molar-refractivity contribution < 1.29 is 13.6 Å². The minimum absolute atomic E-state index is 0.130. The second kappa shape index (κ2) is 6.10. The van der Waals surface area contributed by atoms with Gasteiger partial charge in [0, 0.05) is 11.1 Å². The second-order valence-electron chi connectivity index (χ2n) is 5.56. The Balaban J connectivity index is 2.61. The molecule has 3 nitrogen and oxygen atoms in total. The van der Waals surface area contributed by atoms with Crippen molar-refractivity contribution in [3.05, 3.63) is 35.4 Å². The number of hydrogen-bond acceptors (Lipinski definition) is 2. The molecule has 0 heterocycles. The smallest absolute Gasteiger partial charge is 0.234 e. The van der Waals surface area contributed by atoms with Crippen molar-refractivity contribution in [1.29, 1.82) is 0 Å². The summed E-state index contributed by atoms with van der Waals surface area (Å²) in [7, 11) is 0. The van der Waals surface area contributed by atoms with E-state index in [1.807, 2.05) is 20.8 Å². The summed E-state index contributed by atoms with van der Waals surface area (Å²) in [5.74, 6) is -1.31. The maximum Gasteiger partial charge on any atom is 0.234 e. The first-order valence-corrected chi connectivity index (χ1v) is 6.18. The molecule has 0 spiro atoms. The molecule has 1 aromatic carbocycles. The third kappa shape index (κ3) is 5.34. The summed E-state index contributed by atoms with van der Waals surface area (Å²) in [4.78, 5) is 11.7. The van der Waals surface area contributed by atoms with Crippen molar-refractivity contribution in [2.75, 3.05) is 6.54 Å². The number of halogens is 2. The van der Waals surface area contributed by atoms with E-state index in [0.717, 1.165) is 18.2 Å². The van der Waals surface area contributed by atoms with Crippen LogP contribution in [0.3, 0.4) is 0 Å². The Labute approximate surface area is 112 Å². The summed E-state index contributed by atoms with van der Waals surface area (Å²) >= 11 is 0. The van der Waals surface area contributed by atoms with Crippen LogP contribution in [0.25, 0.3) is 0 Å². The van der Waals surface area contributed by atoms with Gasteiger partial charge in [-0.25, -0.2) is 8.78 Å². The number of hydrogen-bond donors (Lipinski definition) is 2. The van der Waals surface area contributed by atoms with E-state index in [2.05, 4.69) is 10.6 Å². The highest BCUT2D eigenvalue weighted by molar-refractivity contribution is 5.78. The molecular formula is C14H20F2N2O. The highest BCUT2D eigenvalue weighted by Gasteiger charge is 2.16.